The first kappa shape index (κ1) is 14.8. The molecule has 2 aromatic rings. The number of benzene rings is 1. The number of carbonyl (C=O) groups is 1. The van der Waals surface area contributed by atoms with Crippen molar-refractivity contribution in [2.75, 3.05) is 5.75 Å². The molecule has 1 atom stereocenters. The van der Waals surface area contributed by atoms with Crippen molar-refractivity contribution in [2.24, 2.45) is 5.41 Å². The molecule has 2 rings (SSSR count). The molecule has 1 aromatic heterocycles. The number of Topliss-reactive ketones (excluding diaryl/α,β-unsaturated/α-hetero) is 1. The van der Waals surface area contributed by atoms with Crippen molar-refractivity contribution in [2.45, 2.75) is 31.7 Å². The Morgan fingerprint density at radius 1 is 1.30 bits per heavy atom. The lowest BCUT2D eigenvalue weighted by Crippen LogP contribution is -2.32. The fourth-order valence-electron chi connectivity index (χ4n) is 1.84. The third-order valence-electron chi connectivity index (χ3n) is 2.95. The lowest BCUT2D eigenvalue weighted by Gasteiger charge is -2.24. The molecule has 1 heterocycles. The highest BCUT2D eigenvalue weighted by atomic mass is 32.2. The zero-order chi connectivity index (χ0) is 14.6. The molecule has 5 heteroatoms. The van der Waals surface area contributed by atoms with Crippen molar-refractivity contribution in [3.63, 3.8) is 0 Å². The second-order valence-corrected chi connectivity index (χ2v) is 6.72. The summed E-state index contributed by atoms with van der Waals surface area (Å²) in [6.45, 7) is 5.81. The number of hydrogen-bond donors (Lipinski definition) is 0. The van der Waals surface area contributed by atoms with E-state index in [-0.39, 0.29) is 11.8 Å². The van der Waals surface area contributed by atoms with Gasteiger partial charge in [0.25, 0.3) is 0 Å². The molecule has 0 N–H and O–H groups in total. The highest BCUT2D eigenvalue weighted by Gasteiger charge is 2.31. The molecule has 0 aliphatic carbocycles. The van der Waals surface area contributed by atoms with Crippen LogP contribution < -0.4 is 0 Å². The Hall–Kier alpha value is -1.62. The average Bonchev–Trinajstić information content (AvgIpc) is 2.93. The molecule has 0 spiro atoms. The van der Waals surface area contributed by atoms with Gasteiger partial charge in [-0.05, 0) is 12.1 Å². The number of hydrogen-bond acceptors (Lipinski definition) is 4. The van der Waals surface area contributed by atoms with Gasteiger partial charge >= 0.3 is 0 Å². The van der Waals surface area contributed by atoms with Crippen molar-refractivity contribution < 1.29 is 4.79 Å². The average molecular weight is 289 g/mol. The zero-order valence-corrected chi connectivity index (χ0v) is 12.8. The number of ketones is 1. The molecule has 0 aliphatic rings. The first-order valence-electron chi connectivity index (χ1n) is 6.55. The normalized spacial score (nSPS) is 13.2. The summed E-state index contributed by atoms with van der Waals surface area (Å²) in [6, 6.07) is 9.79. The van der Waals surface area contributed by atoms with Crippen molar-refractivity contribution in [1.29, 1.82) is 0 Å². The SMILES string of the molecule is CC(C)(C)C(=O)C(CSc1ccccc1)n1cncn1. The molecule has 4 nitrogen and oxygen atoms in total. The molecule has 106 valence electrons. The molecular formula is C15H19N3OS. The maximum absolute atomic E-state index is 12.6. The molecule has 0 aliphatic heterocycles. The number of carbonyl (C=O) groups excluding carboxylic acids is 1. The van der Waals surface area contributed by atoms with Crippen LogP contribution in [-0.4, -0.2) is 26.3 Å². The number of nitrogens with zero attached hydrogens (tertiary/aromatic N) is 3. The largest absolute Gasteiger partial charge is 0.297 e. The van der Waals surface area contributed by atoms with Crippen LogP contribution in [0.2, 0.25) is 0 Å². The van der Waals surface area contributed by atoms with E-state index in [2.05, 4.69) is 10.1 Å². The second-order valence-electron chi connectivity index (χ2n) is 5.63. The summed E-state index contributed by atoms with van der Waals surface area (Å²) in [7, 11) is 0. The van der Waals surface area contributed by atoms with Gasteiger partial charge < -0.3 is 0 Å². The highest BCUT2D eigenvalue weighted by molar-refractivity contribution is 7.99. The third kappa shape index (κ3) is 3.70. The van der Waals surface area contributed by atoms with Crippen LogP contribution in [0.15, 0.2) is 47.9 Å². The third-order valence-corrected chi connectivity index (χ3v) is 4.04. The van der Waals surface area contributed by atoms with Crippen LogP contribution in [0.25, 0.3) is 0 Å². The van der Waals surface area contributed by atoms with E-state index in [1.807, 2.05) is 51.1 Å². The predicted molar refractivity (Wildman–Crippen MR) is 80.7 cm³/mol. The van der Waals surface area contributed by atoms with Gasteiger partial charge in [0.1, 0.15) is 18.7 Å². The van der Waals surface area contributed by atoms with E-state index in [1.54, 1.807) is 22.8 Å². The van der Waals surface area contributed by atoms with E-state index in [0.29, 0.717) is 5.75 Å². The van der Waals surface area contributed by atoms with E-state index in [9.17, 15) is 4.79 Å². The van der Waals surface area contributed by atoms with Crippen LogP contribution >= 0.6 is 11.8 Å². The Bertz CT molecular complexity index is 546. The maximum Gasteiger partial charge on any atom is 0.163 e. The number of thioether (sulfide) groups is 1. The number of rotatable bonds is 5. The van der Waals surface area contributed by atoms with Gasteiger partial charge in [-0.1, -0.05) is 39.0 Å². The fraction of sp³-hybridized carbons (Fsp3) is 0.400. The van der Waals surface area contributed by atoms with Gasteiger partial charge in [0.05, 0.1) is 0 Å². The van der Waals surface area contributed by atoms with Crippen molar-refractivity contribution >= 4 is 17.5 Å². The summed E-state index contributed by atoms with van der Waals surface area (Å²) in [5.41, 5.74) is -0.395. The van der Waals surface area contributed by atoms with Gasteiger partial charge in [-0.25, -0.2) is 9.67 Å². The molecule has 0 saturated carbocycles. The summed E-state index contributed by atoms with van der Waals surface area (Å²) in [4.78, 5) is 17.7. The summed E-state index contributed by atoms with van der Waals surface area (Å²) in [6.07, 6.45) is 3.08. The van der Waals surface area contributed by atoms with E-state index < -0.39 is 5.41 Å². The van der Waals surface area contributed by atoms with Gasteiger partial charge in [0.2, 0.25) is 0 Å². The molecule has 1 unspecified atom stereocenters. The molecule has 0 bridgehead atoms. The van der Waals surface area contributed by atoms with Crippen LogP contribution in [0.5, 0.6) is 0 Å². The molecule has 1 aromatic carbocycles. The highest BCUT2D eigenvalue weighted by Crippen LogP contribution is 2.28. The lowest BCUT2D eigenvalue weighted by atomic mass is 9.87. The standard InChI is InChI=1S/C15H19N3OS/c1-15(2,3)14(19)13(18-11-16-10-17-18)9-20-12-7-5-4-6-8-12/h4-8,10-11,13H,9H2,1-3H3. The van der Waals surface area contributed by atoms with Gasteiger partial charge in [-0.3, -0.25) is 4.79 Å². The van der Waals surface area contributed by atoms with Crippen molar-refractivity contribution in [1.82, 2.24) is 14.8 Å². The maximum atomic E-state index is 12.6. The summed E-state index contributed by atoms with van der Waals surface area (Å²) >= 11 is 1.66. The minimum atomic E-state index is -0.395. The van der Waals surface area contributed by atoms with Gasteiger partial charge in [0.15, 0.2) is 5.78 Å². The molecule has 20 heavy (non-hydrogen) atoms. The Kier molecular flexibility index (Phi) is 4.60. The first-order chi connectivity index (χ1) is 9.48. The Labute approximate surface area is 123 Å². The molecule has 0 amide bonds. The predicted octanol–water partition coefficient (Wildman–Crippen LogP) is 3.23. The van der Waals surface area contributed by atoms with E-state index >= 15 is 0 Å². The lowest BCUT2D eigenvalue weighted by molar-refractivity contribution is -0.129. The first-order valence-corrected chi connectivity index (χ1v) is 7.53. The van der Waals surface area contributed by atoms with Crippen molar-refractivity contribution in [3.8, 4) is 0 Å². The second kappa shape index (κ2) is 6.22. The summed E-state index contributed by atoms with van der Waals surface area (Å²) in [5.74, 6) is 0.829. The summed E-state index contributed by atoms with van der Waals surface area (Å²) < 4.78 is 1.66. The van der Waals surface area contributed by atoms with E-state index in [4.69, 9.17) is 0 Å². The van der Waals surface area contributed by atoms with Gasteiger partial charge in [-0.2, -0.15) is 5.10 Å². The molecule has 0 radical (unpaired) electrons. The zero-order valence-electron chi connectivity index (χ0n) is 12.0. The monoisotopic (exact) mass is 289 g/mol. The van der Waals surface area contributed by atoms with E-state index in [1.165, 1.54) is 6.33 Å². The quantitative estimate of drug-likeness (QED) is 0.793. The van der Waals surface area contributed by atoms with E-state index in [0.717, 1.165) is 4.90 Å². The minimum Gasteiger partial charge on any atom is -0.297 e. The Morgan fingerprint density at radius 2 is 2.00 bits per heavy atom. The Balaban J connectivity index is 2.14. The van der Waals surface area contributed by atoms with Crippen LogP contribution in [0.1, 0.15) is 26.8 Å². The molecular weight excluding hydrogens is 270 g/mol. The smallest absolute Gasteiger partial charge is 0.163 e. The minimum absolute atomic E-state index is 0.173. The van der Waals surface area contributed by atoms with Crippen LogP contribution in [-0.2, 0) is 4.79 Å². The topological polar surface area (TPSA) is 47.8 Å². The molecule has 0 fully saturated rings. The van der Waals surface area contributed by atoms with Crippen LogP contribution in [0.4, 0.5) is 0 Å². The van der Waals surface area contributed by atoms with Crippen LogP contribution in [0, 0.1) is 5.41 Å². The molecule has 0 saturated heterocycles. The number of aromatic nitrogens is 3. The van der Waals surface area contributed by atoms with Crippen molar-refractivity contribution in [3.05, 3.63) is 43.0 Å². The summed E-state index contributed by atoms with van der Waals surface area (Å²) in [5, 5.41) is 4.13. The Morgan fingerprint density at radius 3 is 2.55 bits per heavy atom. The fourth-order valence-corrected chi connectivity index (χ4v) is 2.85. The van der Waals surface area contributed by atoms with Crippen LogP contribution in [0.3, 0.4) is 0 Å². The van der Waals surface area contributed by atoms with Gasteiger partial charge in [-0.15, -0.1) is 11.8 Å². The van der Waals surface area contributed by atoms with Gasteiger partial charge in [0, 0.05) is 16.1 Å².